The van der Waals surface area contributed by atoms with Crippen LogP contribution in [0.1, 0.15) is 93.4 Å². The fourth-order valence-corrected chi connectivity index (χ4v) is 10.7. The molecule has 2 nitrogen and oxygen atoms in total. The van der Waals surface area contributed by atoms with Gasteiger partial charge in [0.05, 0.1) is 0 Å². The molecule has 4 heteroatoms. The number of hydrogen-bond donors (Lipinski definition) is 0. The van der Waals surface area contributed by atoms with Crippen LogP contribution < -0.4 is 10.4 Å². The highest BCUT2D eigenvalue weighted by Gasteiger charge is 2.51. The summed E-state index contributed by atoms with van der Waals surface area (Å²) in [6.07, 6.45) is 8.71. The average molecular weight is 527 g/mol. The summed E-state index contributed by atoms with van der Waals surface area (Å²) in [7, 11) is -4.35. The molecule has 0 fully saturated rings. The molecular formula is C32H54O2Si2. The van der Waals surface area contributed by atoms with Gasteiger partial charge in [0, 0.05) is 12.7 Å². The van der Waals surface area contributed by atoms with Crippen molar-refractivity contribution in [3.05, 3.63) is 60.7 Å². The van der Waals surface area contributed by atoms with Gasteiger partial charge in [0.15, 0.2) is 8.32 Å². The summed E-state index contributed by atoms with van der Waals surface area (Å²) in [4.78, 5) is 0. The zero-order valence-corrected chi connectivity index (χ0v) is 26.8. The molecule has 1 atom stereocenters. The van der Waals surface area contributed by atoms with E-state index in [-0.39, 0.29) is 16.2 Å². The zero-order valence-electron chi connectivity index (χ0n) is 24.8. The Hall–Kier alpha value is -1.21. The molecule has 0 saturated carbocycles. The van der Waals surface area contributed by atoms with E-state index in [2.05, 4.69) is 122 Å². The lowest BCUT2D eigenvalue weighted by molar-refractivity contribution is 0.135. The summed E-state index contributed by atoms with van der Waals surface area (Å²) in [6, 6.07) is 22.1. The van der Waals surface area contributed by atoms with Crippen LogP contribution >= 0.6 is 0 Å². The normalized spacial score (nSPS) is 14.1. The number of hydrogen-bond acceptors (Lipinski definition) is 2. The van der Waals surface area contributed by atoms with E-state index in [4.69, 9.17) is 8.85 Å². The lowest BCUT2D eigenvalue weighted by Crippen LogP contribution is -2.67. The molecule has 0 saturated heterocycles. The van der Waals surface area contributed by atoms with Gasteiger partial charge in [-0.25, -0.2) is 0 Å². The Balaban J connectivity index is 2.40. The standard InChI is InChI=1S/C32H54O2Si2/c1-10-11-12-13-16-21-28(26-27-33-35(8,9)31(2,3)4)34-36(32(5,6)7,29-22-17-14-18-23-29)30-24-19-15-20-25-30/h14-15,17-20,22-25,28H,10-13,16,21,26-27H2,1-9H3/t28-/m1/s1. The second kappa shape index (κ2) is 13.5. The largest absolute Gasteiger partial charge is 0.417 e. The van der Waals surface area contributed by atoms with Gasteiger partial charge in [-0.1, -0.05) is 141 Å². The molecule has 2 aromatic carbocycles. The van der Waals surface area contributed by atoms with E-state index in [1.165, 1.54) is 42.5 Å². The molecule has 0 heterocycles. The van der Waals surface area contributed by atoms with Gasteiger partial charge in [0.2, 0.25) is 0 Å². The van der Waals surface area contributed by atoms with E-state index >= 15 is 0 Å². The van der Waals surface area contributed by atoms with Crippen molar-refractivity contribution in [1.29, 1.82) is 0 Å². The molecular weight excluding hydrogens is 473 g/mol. The number of rotatable bonds is 14. The van der Waals surface area contributed by atoms with Crippen LogP contribution in [0.5, 0.6) is 0 Å². The monoisotopic (exact) mass is 526 g/mol. The molecule has 0 spiro atoms. The quantitative estimate of drug-likeness (QED) is 0.181. The van der Waals surface area contributed by atoms with E-state index in [9.17, 15) is 0 Å². The van der Waals surface area contributed by atoms with Gasteiger partial charge < -0.3 is 8.85 Å². The Kier molecular flexibility index (Phi) is 11.7. The third-order valence-corrected chi connectivity index (χ3v) is 17.7. The van der Waals surface area contributed by atoms with Crippen LogP contribution in [0, 0.1) is 0 Å². The predicted octanol–water partition coefficient (Wildman–Crippen LogP) is 8.70. The van der Waals surface area contributed by atoms with Crippen LogP contribution in [-0.2, 0) is 8.85 Å². The lowest BCUT2D eigenvalue weighted by Gasteiger charge is -2.45. The molecule has 0 aromatic heterocycles. The minimum Gasteiger partial charge on any atom is -0.417 e. The van der Waals surface area contributed by atoms with Crippen molar-refractivity contribution < 1.29 is 8.85 Å². The fourth-order valence-electron chi connectivity index (χ4n) is 4.84. The highest BCUT2D eigenvalue weighted by atomic mass is 28.4. The maximum absolute atomic E-state index is 7.56. The topological polar surface area (TPSA) is 18.5 Å². The van der Waals surface area contributed by atoms with Gasteiger partial charge in [0.1, 0.15) is 0 Å². The zero-order chi connectivity index (χ0) is 26.9. The molecule has 0 unspecified atom stereocenters. The first-order valence-electron chi connectivity index (χ1n) is 14.3. The van der Waals surface area contributed by atoms with Crippen molar-refractivity contribution >= 4 is 27.0 Å². The van der Waals surface area contributed by atoms with Crippen LogP contribution in [0.25, 0.3) is 0 Å². The first-order valence-corrected chi connectivity index (χ1v) is 19.1. The molecule has 202 valence electrons. The van der Waals surface area contributed by atoms with E-state index in [0.29, 0.717) is 0 Å². The molecule has 2 rings (SSSR count). The smallest absolute Gasteiger partial charge is 0.261 e. The highest BCUT2D eigenvalue weighted by molar-refractivity contribution is 6.99. The highest BCUT2D eigenvalue weighted by Crippen LogP contribution is 2.39. The molecule has 0 aliphatic heterocycles. The summed E-state index contributed by atoms with van der Waals surface area (Å²) in [5.41, 5.74) is 0. The first kappa shape index (κ1) is 31.0. The second-order valence-electron chi connectivity index (χ2n) is 13.0. The molecule has 0 bridgehead atoms. The third kappa shape index (κ3) is 8.15. The molecule has 2 aromatic rings. The van der Waals surface area contributed by atoms with Gasteiger partial charge >= 0.3 is 0 Å². The van der Waals surface area contributed by atoms with Gasteiger partial charge in [-0.2, -0.15) is 0 Å². The Labute approximate surface area is 225 Å². The third-order valence-electron chi connectivity index (χ3n) is 8.10. The first-order chi connectivity index (χ1) is 16.8. The number of unbranched alkanes of at least 4 members (excludes halogenated alkanes) is 4. The lowest BCUT2D eigenvalue weighted by atomic mass is 10.1. The van der Waals surface area contributed by atoms with E-state index in [1.54, 1.807) is 0 Å². The van der Waals surface area contributed by atoms with Crippen molar-refractivity contribution in [2.75, 3.05) is 6.61 Å². The molecule has 0 aliphatic carbocycles. The van der Waals surface area contributed by atoms with Crippen LogP contribution in [0.4, 0.5) is 0 Å². The van der Waals surface area contributed by atoms with Crippen LogP contribution in [0.15, 0.2) is 60.7 Å². The van der Waals surface area contributed by atoms with Crippen LogP contribution in [0.2, 0.25) is 23.2 Å². The Morgan fingerprint density at radius 2 is 1.17 bits per heavy atom. The minimum atomic E-state index is -2.56. The van der Waals surface area contributed by atoms with Crippen LogP contribution in [-0.4, -0.2) is 29.3 Å². The Bertz CT molecular complexity index is 827. The fraction of sp³-hybridized carbons (Fsp3) is 0.625. The molecule has 0 amide bonds. The summed E-state index contributed by atoms with van der Waals surface area (Å²) in [5.74, 6) is 0. The van der Waals surface area contributed by atoms with E-state index in [0.717, 1.165) is 19.4 Å². The molecule has 0 N–H and O–H groups in total. The average Bonchev–Trinajstić information content (AvgIpc) is 2.81. The Morgan fingerprint density at radius 3 is 1.61 bits per heavy atom. The summed E-state index contributed by atoms with van der Waals surface area (Å²) < 4.78 is 14.2. The van der Waals surface area contributed by atoms with Gasteiger partial charge in [0.25, 0.3) is 8.32 Å². The van der Waals surface area contributed by atoms with Gasteiger partial charge in [-0.3, -0.25) is 0 Å². The summed E-state index contributed by atoms with van der Waals surface area (Å²) in [5, 5.41) is 2.95. The van der Waals surface area contributed by atoms with Crippen LogP contribution in [0.3, 0.4) is 0 Å². The van der Waals surface area contributed by atoms with E-state index < -0.39 is 16.6 Å². The maximum Gasteiger partial charge on any atom is 0.261 e. The van der Waals surface area contributed by atoms with Crippen molar-refractivity contribution in [2.45, 2.75) is 123 Å². The second-order valence-corrected chi connectivity index (χ2v) is 22.1. The van der Waals surface area contributed by atoms with Crippen molar-refractivity contribution in [1.82, 2.24) is 0 Å². The summed E-state index contributed by atoms with van der Waals surface area (Å²) in [6.45, 7) is 21.9. The Morgan fingerprint density at radius 1 is 0.667 bits per heavy atom. The molecule has 36 heavy (non-hydrogen) atoms. The summed E-state index contributed by atoms with van der Waals surface area (Å²) >= 11 is 0. The van der Waals surface area contributed by atoms with Crippen molar-refractivity contribution in [2.24, 2.45) is 0 Å². The number of benzene rings is 2. The predicted molar refractivity (Wildman–Crippen MR) is 164 cm³/mol. The van der Waals surface area contributed by atoms with Crippen molar-refractivity contribution in [3.63, 3.8) is 0 Å². The molecule has 0 radical (unpaired) electrons. The van der Waals surface area contributed by atoms with Gasteiger partial charge in [-0.15, -0.1) is 0 Å². The van der Waals surface area contributed by atoms with Crippen molar-refractivity contribution in [3.8, 4) is 0 Å². The minimum absolute atomic E-state index is 0.00352. The maximum atomic E-state index is 7.56. The SMILES string of the molecule is CCCCCCC[C@H](CCO[Si](C)(C)C(C)(C)C)O[Si](c1ccccc1)(c1ccccc1)C(C)(C)C. The van der Waals surface area contributed by atoms with Gasteiger partial charge in [-0.05, 0) is 46.4 Å². The molecule has 0 aliphatic rings. The van der Waals surface area contributed by atoms with E-state index in [1.807, 2.05) is 0 Å².